The molecule has 2 unspecified atom stereocenters. The van der Waals surface area contributed by atoms with Gasteiger partial charge in [-0.1, -0.05) is 58.7 Å². The summed E-state index contributed by atoms with van der Waals surface area (Å²) in [4.78, 5) is 0. The van der Waals surface area contributed by atoms with Gasteiger partial charge in [-0.15, -0.1) is 0 Å². The molecule has 3 aromatic carbocycles. The van der Waals surface area contributed by atoms with Crippen molar-refractivity contribution in [1.29, 1.82) is 0 Å². The molecule has 0 radical (unpaired) electrons. The molecular formula is C24H22BrClFN2O+. The maximum absolute atomic E-state index is 14.7. The second kappa shape index (κ2) is 8.80. The second-order valence-electron chi connectivity index (χ2n) is 7.34. The van der Waals surface area contributed by atoms with Crippen LogP contribution in [0.2, 0.25) is 5.02 Å². The van der Waals surface area contributed by atoms with E-state index in [0.29, 0.717) is 16.1 Å². The summed E-state index contributed by atoms with van der Waals surface area (Å²) < 4.78 is 15.5. The van der Waals surface area contributed by atoms with Gasteiger partial charge in [0.25, 0.3) is 0 Å². The van der Waals surface area contributed by atoms with Gasteiger partial charge in [-0.3, -0.25) is 0 Å². The van der Waals surface area contributed by atoms with Crippen LogP contribution in [0.15, 0.2) is 71.2 Å². The Hall–Kier alpha value is -2.34. The van der Waals surface area contributed by atoms with Crippen molar-refractivity contribution in [1.82, 2.24) is 5.32 Å². The molecule has 0 bridgehead atoms. The number of quaternary nitrogens is 1. The highest BCUT2D eigenvalue weighted by atomic mass is 79.9. The van der Waals surface area contributed by atoms with E-state index in [-0.39, 0.29) is 23.8 Å². The molecule has 6 heteroatoms. The van der Waals surface area contributed by atoms with E-state index < -0.39 is 0 Å². The van der Waals surface area contributed by atoms with Gasteiger partial charge in [0.1, 0.15) is 17.6 Å². The molecule has 3 nitrogen and oxygen atoms in total. The standard InChI is InChI=1S/C24H21BrClFN2O/c1-2-14-3-5-15(6-4-14)21-13-22(19-12-17(26)8-10-23(19)30)29-24(28-21)18-11-16(25)7-9-20(18)27/h3-13,22,24,28-30H,2H2,1H3/p+1. The molecule has 0 saturated heterocycles. The summed E-state index contributed by atoms with van der Waals surface area (Å²) in [5, 5.41) is 16.4. The maximum Gasteiger partial charge on any atom is 0.189 e. The molecule has 3 aromatic rings. The zero-order valence-corrected chi connectivity index (χ0v) is 18.7. The van der Waals surface area contributed by atoms with Crippen LogP contribution in [0.3, 0.4) is 0 Å². The predicted octanol–water partition coefficient (Wildman–Crippen LogP) is 5.46. The van der Waals surface area contributed by atoms with Crippen molar-refractivity contribution in [3.05, 3.63) is 104 Å². The van der Waals surface area contributed by atoms with Gasteiger partial charge in [-0.05, 0) is 53.9 Å². The molecule has 1 aliphatic heterocycles. The first-order chi connectivity index (χ1) is 14.4. The molecule has 1 heterocycles. The van der Waals surface area contributed by atoms with Crippen molar-refractivity contribution in [3.63, 3.8) is 0 Å². The van der Waals surface area contributed by atoms with Crippen LogP contribution in [-0.4, -0.2) is 5.11 Å². The molecule has 4 rings (SSSR count). The molecule has 0 amide bonds. The number of benzene rings is 3. The Balaban J connectivity index is 1.79. The Bertz CT molecular complexity index is 1100. The number of nitrogens with one attached hydrogen (secondary N) is 1. The summed E-state index contributed by atoms with van der Waals surface area (Å²) in [5.74, 6) is -0.128. The first-order valence-electron chi connectivity index (χ1n) is 9.80. The van der Waals surface area contributed by atoms with Crippen LogP contribution in [0.1, 0.15) is 41.4 Å². The van der Waals surface area contributed by atoms with Crippen LogP contribution in [0.5, 0.6) is 5.75 Å². The Morgan fingerprint density at radius 3 is 2.57 bits per heavy atom. The summed E-state index contributed by atoms with van der Waals surface area (Å²) in [6.45, 7) is 2.12. The van der Waals surface area contributed by atoms with E-state index >= 15 is 0 Å². The second-order valence-corrected chi connectivity index (χ2v) is 8.69. The zero-order valence-electron chi connectivity index (χ0n) is 16.4. The minimum absolute atomic E-state index is 0.160. The quantitative estimate of drug-likeness (QED) is 0.457. The minimum atomic E-state index is -0.378. The highest BCUT2D eigenvalue weighted by molar-refractivity contribution is 9.10. The largest absolute Gasteiger partial charge is 0.507 e. The molecular weight excluding hydrogens is 467 g/mol. The molecule has 154 valence electrons. The third-order valence-electron chi connectivity index (χ3n) is 5.37. The monoisotopic (exact) mass is 487 g/mol. The van der Waals surface area contributed by atoms with Crippen molar-refractivity contribution in [3.8, 4) is 5.75 Å². The summed E-state index contributed by atoms with van der Waals surface area (Å²) >= 11 is 9.63. The van der Waals surface area contributed by atoms with Crippen LogP contribution in [-0.2, 0) is 6.42 Å². The van der Waals surface area contributed by atoms with Gasteiger partial charge >= 0.3 is 0 Å². The Labute approximate surface area is 188 Å². The molecule has 1 aliphatic rings. The van der Waals surface area contributed by atoms with Crippen LogP contribution >= 0.6 is 27.5 Å². The molecule has 4 N–H and O–H groups in total. The number of phenolic OH excluding ortho intramolecular Hbond substituents is 1. The van der Waals surface area contributed by atoms with Crippen LogP contribution in [0, 0.1) is 5.82 Å². The Morgan fingerprint density at radius 2 is 1.83 bits per heavy atom. The van der Waals surface area contributed by atoms with Crippen LogP contribution < -0.4 is 10.6 Å². The highest BCUT2D eigenvalue weighted by Gasteiger charge is 2.31. The maximum atomic E-state index is 14.7. The zero-order chi connectivity index (χ0) is 21.3. The van der Waals surface area contributed by atoms with Gasteiger partial charge < -0.3 is 15.7 Å². The number of aromatic hydroxyl groups is 1. The number of halogens is 3. The van der Waals surface area contributed by atoms with Crippen molar-refractivity contribution in [2.45, 2.75) is 25.6 Å². The number of rotatable bonds is 4. The molecule has 2 atom stereocenters. The molecule has 30 heavy (non-hydrogen) atoms. The van der Waals surface area contributed by atoms with Gasteiger partial charge in [-0.25, -0.2) is 4.39 Å². The van der Waals surface area contributed by atoms with Gasteiger partial charge in [0, 0.05) is 21.3 Å². The van der Waals surface area contributed by atoms with Gasteiger partial charge in [0.05, 0.1) is 11.1 Å². The van der Waals surface area contributed by atoms with Crippen molar-refractivity contribution in [2.75, 3.05) is 0 Å². The average molecular weight is 489 g/mol. The van der Waals surface area contributed by atoms with Crippen molar-refractivity contribution < 1.29 is 14.8 Å². The van der Waals surface area contributed by atoms with Crippen LogP contribution in [0.25, 0.3) is 5.70 Å². The highest BCUT2D eigenvalue weighted by Crippen LogP contribution is 2.32. The number of nitrogens with two attached hydrogens (primary N) is 1. The Kier molecular flexibility index (Phi) is 6.14. The predicted molar refractivity (Wildman–Crippen MR) is 122 cm³/mol. The molecule has 0 aromatic heterocycles. The van der Waals surface area contributed by atoms with Crippen molar-refractivity contribution in [2.24, 2.45) is 0 Å². The number of aryl methyl sites for hydroxylation is 1. The fraction of sp³-hybridized carbons (Fsp3) is 0.167. The molecule has 0 saturated carbocycles. The van der Waals surface area contributed by atoms with Gasteiger partial charge in [0.15, 0.2) is 6.17 Å². The minimum Gasteiger partial charge on any atom is -0.507 e. The lowest BCUT2D eigenvalue weighted by Gasteiger charge is -2.30. The lowest BCUT2D eigenvalue weighted by molar-refractivity contribution is -0.731. The third-order valence-corrected chi connectivity index (χ3v) is 6.10. The first-order valence-corrected chi connectivity index (χ1v) is 11.0. The van der Waals surface area contributed by atoms with Gasteiger partial charge in [0.2, 0.25) is 0 Å². The smallest absolute Gasteiger partial charge is 0.189 e. The number of hydrogen-bond acceptors (Lipinski definition) is 2. The molecule has 0 aliphatic carbocycles. The van der Waals surface area contributed by atoms with E-state index in [1.165, 1.54) is 11.6 Å². The lowest BCUT2D eigenvalue weighted by atomic mass is 9.97. The van der Waals surface area contributed by atoms with Crippen molar-refractivity contribution >= 4 is 33.2 Å². The summed E-state index contributed by atoms with van der Waals surface area (Å²) in [5.41, 5.74) is 4.36. The number of phenols is 1. The third kappa shape index (κ3) is 4.38. The summed E-state index contributed by atoms with van der Waals surface area (Å²) in [6, 6.07) is 18.0. The van der Waals surface area contributed by atoms with Crippen LogP contribution in [0.4, 0.5) is 4.39 Å². The normalized spacial score (nSPS) is 18.6. The summed E-state index contributed by atoms with van der Waals surface area (Å²) in [6.07, 6.45) is 2.63. The van der Waals surface area contributed by atoms with E-state index in [0.717, 1.165) is 22.2 Å². The van der Waals surface area contributed by atoms with E-state index in [4.69, 9.17) is 11.6 Å². The van der Waals surface area contributed by atoms with Gasteiger partial charge in [-0.2, -0.15) is 0 Å². The fourth-order valence-corrected chi connectivity index (χ4v) is 4.29. The molecule has 0 fully saturated rings. The fourth-order valence-electron chi connectivity index (χ4n) is 3.73. The number of hydrogen-bond donors (Lipinski definition) is 3. The topological polar surface area (TPSA) is 48.9 Å². The molecule has 0 spiro atoms. The van der Waals surface area contributed by atoms with E-state index in [1.807, 2.05) is 11.4 Å². The lowest BCUT2D eigenvalue weighted by Crippen LogP contribution is -2.90. The average Bonchev–Trinajstić information content (AvgIpc) is 2.77. The SMILES string of the molecule is CCc1ccc(C2=CC(c3cc(Cl)ccc3O)[NH2+]C(c3cc(Br)ccc3F)N2)cc1. The van der Waals surface area contributed by atoms with E-state index in [1.54, 1.807) is 30.3 Å². The van der Waals surface area contributed by atoms with E-state index in [9.17, 15) is 9.50 Å². The Morgan fingerprint density at radius 1 is 1.07 bits per heavy atom. The first kappa shape index (κ1) is 20.9. The summed E-state index contributed by atoms with van der Waals surface area (Å²) in [7, 11) is 0. The van der Waals surface area contributed by atoms with E-state index in [2.05, 4.69) is 52.4 Å².